The zero-order valence-corrected chi connectivity index (χ0v) is 28.8. The standard InChI is InChI=1S/C44H46O7/c45-41(47-29-35-18-8-2-9-19-35)27-26-39-42(48-30-36-20-10-3-11-21-36)44(50-32-38-24-14-5-15-25-38)43(49-31-37-22-12-4-13-23-37)40(51-39)33-46-28-34-16-6-1-7-17-34/h1-25,39-40,42-44H,26-33H2/t39-,40-,42-,43-,44-/m1/s1. The summed E-state index contributed by atoms with van der Waals surface area (Å²) in [5.74, 6) is -0.301. The zero-order chi connectivity index (χ0) is 34.9. The van der Waals surface area contributed by atoms with E-state index in [0.29, 0.717) is 32.8 Å². The van der Waals surface area contributed by atoms with Crippen molar-refractivity contribution in [3.05, 3.63) is 179 Å². The Morgan fingerprint density at radius 3 is 1.27 bits per heavy atom. The highest BCUT2D eigenvalue weighted by Crippen LogP contribution is 2.33. The van der Waals surface area contributed by atoms with E-state index in [1.165, 1.54) is 0 Å². The van der Waals surface area contributed by atoms with Crippen molar-refractivity contribution in [1.29, 1.82) is 0 Å². The summed E-state index contributed by atoms with van der Waals surface area (Å²) in [7, 11) is 0. The fourth-order valence-corrected chi connectivity index (χ4v) is 6.19. The van der Waals surface area contributed by atoms with Crippen LogP contribution < -0.4 is 0 Å². The Labute approximate surface area is 301 Å². The minimum Gasteiger partial charge on any atom is -0.461 e. The smallest absolute Gasteiger partial charge is 0.306 e. The van der Waals surface area contributed by atoms with Gasteiger partial charge in [-0.1, -0.05) is 152 Å². The maximum Gasteiger partial charge on any atom is 0.306 e. The van der Waals surface area contributed by atoms with Gasteiger partial charge in [-0.15, -0.1) is 0 Å². The molecule has 7 heteroatoms. The van der Waals surface area contributed by atoms with Gasteiger partial charge >= 0.3 is 5.97 Å². The van der Waals surface area contributed by atoms with Crippen LogP contribution in [0, 0.1) is 0 Å². The highest BCUT2D eigenvalue weighted by molar-refractivity contribution is 5.69. The molecule has 0 saturated carbocycles. The van der Waals surface area contributed by atoms with E-state index in [9.17, 15) is 4.79 Å². The van der Waals surface area contributed by atoms with Crippen LogP contribution in [-0.2, 0) is 66.3 Å². The van der Waals surface area contributed by atoms with Gasteiger partial charge in [0.25, 0.3) is 0 Å². The van der Waals surface area contributed by atoms with Gasteiger partial charge in [0.05, 0.1) is 39.1 Å². The molecule has 0 aliphatic carbocycles. The highest BCUT2D eigenvalue weighted by atomic mass is 16.6. The fourth-order valence-electron chi connectivity index (χ4n) is 6.19. The molecule has 0 N–H and O–H groups in total. The normalized spacial score (nSPS) is 20.1. The molecule has 6 rings (SSSR count). The molecular formula is C44H46O7. The Balaban J connectivity index is 1.26. The Morgan fingerprint density at radius 1 is 0.451 bits per heavy atom. The molecule has 51 heavy (non-hydrogen) atoms. The first-order valence-electron chi connectivity index (χ1n) is 17.6. The number of ether oxygens (including phenoxy) is 6. The number of hydrogen-bond acceptors (Lipinski definition) is 7. The second kappa shape index (κ2) is 19.7. The second-order valence-electron chi connectivity index (χ2n) is 12.7. The molecule has 0 unspecified atom stereocenters. The van der Waals surface area contributed by atoms with E-state index >= 15 is 0 Å². The van der Waals surface area contributed by atoms with E-state index in [1.807, 2.05) is 152 Å². The molecule has 5 aromatic carbocycles. The molecule has 1 aliphatic heterocycles. The summed E-state index contributed by atoms with van der Waals surface area (Å²) in [5, 5.41) is 0. The van der Waals surface area contributed by atoms with Crippen molar-refractivity contribution in [1.82, 2.24) is 0 Å². The summed E-state index contributed by atoms with van der Waals surface area (Å²) in [5.41, 5.74) is 5.09. The summed E-state index contributed by atoms with van der Waals surface area (Å²) in [4.78, 5) is 13.1. The third-order valence-corrected chi connectivity index (χ3v) is 8.86. The maximum absolute atomic E-state index is 13.1. The SMILES string of the molecule is O=C(CC[C@H]1O[C@H](COCc2ccccc2)[C@@H](OCc2ccccc2)[C@H](OCc2ccccc2)[C@@H]1OCc1ccccc1)OCc1ccccc1. The average molecular weight is 687 g/mol. The van der Waals surface area contributed by atoms with Crippen molar-refractivity contribution in [3.8, 4) is 0 Å². The van der Waals surface area contributed by atoms with Crippen LogP contribution in [-0.4, -0.2) is 43.1 Å². The number of carbonyl (C=O) groups is 1. The largest absolute Gasteiger partial charge is 0.461 e. The van der Waals surface area contributed by atoms with Crippen molar-refractivity contribution in [2.24, 2.45) is 0 Å². The van der Waals surface area contributed by atoms with Gasteiger partial charge in [-0.2, -0.15) is 0 Å². The van der Waals surface area contributed by atoms with Gasteiger partial charge in [-0.25, -0.2) is 0 Å². The van der Waals surface area contributed by atoms with Crippen molar-refractivity contribution < 1.29 is 33.2 Å². The van der Waals surface area contributed by atoms with Crippen LogP contribution in [0.1, 0.15) is 40.7 Å². The van der Waals surface area contributed by atoms with E-state index in [2.05, 4.69) is 0 Å². The van der Waals surface area contributed by atoms with Crippen LogP contribution >= 0.6 is 0 Å². The minimum atomic E-state index is -0.554. The molecule has 1 heterocycles. The molecule has 0 amide bonds. The lowest BCUT2D eigenvalue weighted by atomic mass is 9.91. The first kappa shape index (κ1) is 36.2. The van der Waals surface area contributed by atoms with Gasteiger partial charge in [-0.3, -0.25) is 4.79 Å². The molecule has 264 valence electrons. The zero-order valence-electron chi connectivity index (χ0n) is 28.8. The summed E-state index contributed by atoms with van der Waals surface area (Å²) in [6.07, 6.45) is -2.10. The first-order valence-corrected chi connectivity index (χ1v) is 17.6. The van der Waals surface area contributed by atoms with Gasteiger partial charge in [0, 0.05) is 6.42 Å². The summed E-state index contributed by atoms with van der Waals surface area (Å²) in [6, 6.07) is 49.9. The van der Waals surface area contributed by atoms with Gasteiger partial charge in [0.15, 0.2) is 0 Å². The quantitative estimate of drug-likeness (QED) is 0.0860. The van der Waals surface area contributed by atoms with Crippen molar-refractivity contribution in [2.75, 3.05) is 6.61 Å². The monoisotopic (exact) mass is 686 g/mol. The van der Waals surface area contributed by atoms with Crippen LogP contribution in [0.5, 0.6) is 0 Å². The molecule has 1 aliphatic rings. The lowest BCUT2D eigenvalue weighted by molar-refractivity contribution is -0.273. The van der Waals surface area contributed by atoms with Crippen LogP contribution in [0.2, 0.25) is 0 Å². The predicted molar refractivity (Wildman–Crippen MR) is 195 cm³/mol. The average Bonchev–Trinajstić information content (AvgIpc) is 3.19. The Morgan fingerprint density at radius 2 is 0.824 bits per heavy atom. The highest BCUT2D eigenvalue weighted by Gasteiger charge is 2.48. The molecule has 5 atom stereocenters. The predicted octanol–water partition coefficient (Wildman–Crippen LogP) is 8.25. The third kappa shape index (κ3) is 11.4. The number of rotatable bonds is 18. The number of carbonyl (C=O) groups excluding carboxylic acids is 1. The molecule has 0 bridgehead atoms. The van der Waals surface area contributed by atoms with E-state index < -0.39 is 30.5 Å². The second-order valence-corrected chi connectivity index (χ2v) is 12.7. The number of benzene rings is 5. The topological polar surface area (TPSA) is 72.5 Å². The summed E-state index contributed by atoms with van der Waals surface area (Å²) >= 11 is 0. The molecule has 1 saturated heterocycles. The van der Waals surface area contributed by atoms with Gasteiger partial charge in [0.1, 0.15) is 31.0 Å². The first-order chi connectivity index (χ1) is 25.2. The molecule has 7 nitrogen and oxygen atoms in total. The van der Waals surface area contributed by atoms with Crippen molar-refractivity contribution >= 4 is 5.97 Å². The molecular weight excluding hydrogens is 640 g/mol. The van der Waals surface area contributed by atoms with Crippen LogP contribution in [0.4, 0.5) is 0 Å². The van der Waals surface area contributed by atoms with Crippen molar-refractivity contribution in [2.45, 2.75) is 76.4 Å². The van der Waals surface area contributed by atoms with Crippen molar-refractivity contribution in [3.63, 3.8) is 0 Å². The van der Waals surface area contributed by atoms with Crippen LogP contribution in [0.15, 0.2) is 152 Å². The number of hydrogen-bond donors (Lipinski definition) is 0. The maximum atomic E-state index is 13.1. The number of esters is 1. The Bertz CT molecular complexity index is 1690. The van der Waals surface area contributed by atoms with E-state index in [0.717, 1.165) is 27.8 Å². The summed E-state index contributed by atoms with van der Waals surface area (Å²) < 4.78 is 39.1. The van der Waals surface area contributed by atoms with Gasteiger partial charge in [0.2, 0.25) is 0 Å². The molecule has 0 aromatic heterocycles. The lowest BCUT2D eigenvalue weighted by Gasteiger charge is -2.46. The van der Waals surface area contributed by atoms with E-state index in [1.54, 1.807) is 0 Å². The van der Waals surface area contributed by atoms with Gasteiger partial charge in [-0.05, 0) is 34.2 Å². The molecule has 0 radical (unpaired) electrons. The fraction of sp³-hybridized carbons (Fsp3) is 0.295. The Hall–Kier alpha value is -4.63. The van der Waals surface area contributed by atoms with Crippen LogP contribution in [0.25, 0.3) is 0 Å². The molecule has 0 spiro atoms. The van der Waals surface area contributed by atoms with E-state index in [4.69, 9.17) is 28.4 Å². The molecule has 1 fully saturated rings. The third-order valence-electron chi connectivity index (χ3n) is 8.86. The summed E-state index contributed by atoms with van der Waals surface area (Å²) in [6.45, 7) is 1.96. The van der Waals surface area contributed by atoms with Crippen LogP contribution in [0.3, 0.4) is 0 Å². The van der Waals surface area contributed by atoms with E-state index in [-0.39, 0.29) is 25.6 Å². The Kier molecular flexibility index (Phi) is 14.0. The minimum absolute atomic E-state index is 0.154. The lowest BCUT2D eigenvalue weighted by Crippen LogP contribution is -2.61. The van der Waals surface area contributed by atoms with Gasteiger partial charge < -0.3 is 28.4 Å². The molecule has 5 aromatic rings.